The summed E-state index contributed by atoms with van der Waals surface area (Å²) in [5, 5.41) is 0. The first kappa shape index (κ1) is 18.3. The SMILES string of the molecule is CCOC(=O)c1ccc(N2CCCN(C(=O)[C@H]3C[C@H]4CC[C@H]3C4)CC2)nc1. The first-order valence-corrected chi connectivity index (χ1v) is 10.3. The summed E-state index contributed by atoms with van der Waals surface area (Å²) in [6.45, 7) is 5.42. The van der Waals surface area contributed by atoms with Gasteiger partial charge in [-0.05, 0) is 56.6 Å². The van der Waals surface area contributed by atoms with Crippen LogP contribution in [0.2, 0.25) is 0 Å². The van der Waals surface area contributed by atoms with Crippen molar-refractivity contribution in [3.8, 4) is 0 Å². The van der Waals surface area contributed by atoms with E-state index in [1.807, 2.05) is 6.07 Å². The number of hydrogen-bond donors (Lipinski definition) is 0. The van der Waals surface area contributed by atoms with E-state index < -0.39 is 0 Å². The highest BCUT2D eigenvalue weighted by atomic mass is 16.5. The maximum absolute atomic E-state index is 13.0. The number of pyridine rings is 1. The van der Waals surface area contributed by atoms with Gasteiger partial charge in [0.15, 0.2) is 0 Å². The van der Waals surface area contributed by atoms with E-state index in [0.717, 1.165) is 50.8 Å². The summed E-state index contributed by atoms with van der Waals surface area (Å²) in [5.74, 6) is 2.62. The molecule has 6 heteroatoms. The Morgan fingerprint density at radius 3 is 2.70 bits per heavy atom. The number of ether oxygens (including phenoxy) is 1. The molecule has 3 fully saturated rings. The van der Waals surface area contributed by atoms with Crippen LogP contribution in [0, 0.1) is 17.8 Å². The van der Waals surface area contributed by atoms with Crippen molar-refractivity contribution in [1.29, 1.82) is 0 Å². The molecule has 1 amide bonds. The van der Waals surface area contributed by atoms with Gasteiger partial charge in [-0.15, -0.1) is 0 Å². The second kappa shape index (κ2) is 7.87. The Labute approximate surface area is 160 Å². The Morgan fingerprint density at radius 2 is 2.04 bits per heavy atom. The van der Waals surface area contributed by atoms with E-state index in [9.17, 15) is 9.59 Å². The molecule has 0 radical (unpaired) electrons. The maximum Gasteiger partial charge on any atom is 0.339 e. The van der Waals surface area contributed by atoms with Gasteiger partial charge in [0.25, 0.3) is 0 Å². The van der Waals surface area contributed by atoms with Gasteiger partial charge in [0.05, 0.1) is 12.2 Å². The Morgan fingerprint density at radius 1 is 1.15 bits per heavy atom. The van der Waals surface area contributed by atoms with Crippen molar-refractivity contribution in [3.05, 3.63) is 23.9 Å². The summed E-state index contributed by atoms with van der Waals surface area (Å²) in [6.07, 6.45) is 7.49. The maximum atomic E-state index is 13.0. The molecule has 1 aromatic heterocycles. The lowest BCUT2D eigenvalue weighted by molar-refractivity contribution is -0.137. The van der Waals surface area contributed by atoms with E-state index in [1.54, 1.807) is 19.2 Å². The number of fused-ring (bicyclic) bond motifs is 2. The smallest absolute Gasteiger partial charge is 0.339 e. The lowest BCUT2D eigenvalue weighted by Gasteiger charge is -2.28. The molecule has 146 valence electrons. The predicted molar refractivity (Wildman–Crippen MR) is 103 cm³/mol. The van der Waals surface area contributed by atoms with Gasteiger partial charge >= 0.3 is 5.97 Å². The molecule has 1 aliphatic heterocycles. The molecular formula is C21H29N3O3. The topological polar surface area (TPSA) is 62.7 Å². The number of rotatable bonds is 4. The van der Waals surface area contributed by atoms with Crippen LogP contribution >= 0.6 is 0 Å². The van der Waals surface area contributed by atoms with E-state index >= 15 is 0 Å². The molecule has 1 aromatic rings. The minimum atomic E-state index is -0.338. The normalized spacial score (nSPS) is 27.5. The number of anilines is 1. The Bertz CT molecular complexity index is 690. The van der Waals surface area contributed by atoms with Gasteiger partial charge in [-0.1, -0.05) is 6.42 Å². The quantitative estimate of drug-likeness (QED) is 0.762. The first-order chi connectivity index (χ1) is 13.2. The van der Waals surface area contributed by atoms with Gasteiger partial charge in [-0.3, -0.25) is 4.79 Å². The highest BCUT2D eigenvalue weighted by molar-refractivity contribution is 5.89. The number of esters is 1. The van der Waals surface area contributed by atoms with Crippen LogP contribution in [0.15, 0.2) is 18.3 Å². The summed E-state index contributed by atoms with van der Waals surface area (Å²) >= 11 is 0. The van der Waals surface area contributed by atoms with E-state index in [0.29, 0.717) is 24.0 Å². The molecule has 3 aliphatic rings. The fourth-order valence-electron chi connectivity index (χ4n) is 5.06. The lowest BCUT2D eigenvalue weighted by atomic mass is 9.87. The molecule has 2 aliphatic carbocycles. The molecule has 2 heterocycles. The third-order valence-electron chi connectivity index (χ3n) is 6.45. The zero-order chi connectivity index (χ0) is 18.8. The number of amides is 1. The zero-order valence-corrected chi connectivity index (χ0v) is 16.1. The van der Waals surface area contributed by atoms with Gasteiger partial charge < -0.3 is 14.5 Å². The van der Waals surface area contributed by atoms with Crippen molar-refractivity contribution in [3.63, 3.8) is 0 Å². The molecule has 1 saturated heterocycles. The summed E-state index contributed by atoms with van der Waals surface area (Å²) in [5.41, 5.74) is 0.475. The minimum Gasteiger partial charge on any atom is -0.462 e. The molecule has 2 bridgehead atoms. The fraction of sp³-hybridized carbons (Fsp3) is 0.667. The molecule has 0 aromatic carbocycles. The van der Waals surface area contributed by atoms with Gasteiger partial charge in [0, 0.05) is 38.3 Å². The molecule has 2 saturated carbocycles. The van der Waals surface area contributed by atoms with Crippen LogP contribution in [0.4, 0.5) is 5.82 Å². The van der Waals surface area contributed by atoms with E-state index in [-0.39, 0.29) is 11.9 Å². The predicted octanol–water partition coefficient (Wildman–Crippen LogP) is 2.73. The van der Waals surface area contributed by atoms with Crippen LogP contribution < -0.4 is 4.90 Å². The highest BCUT2D eigenvalue weighted by Gasteiger charge is 2.44. The van der Waals surface area contributed by atoms with Crippen LogP contribution in [0.5, 0.6) is 0 Å². The number of carbonyl (C=O) groups excluding carboxylic acids is 2. The van der Waals surface area contributed by atoms with Crippen molar-refractivity contribution in [1.82, 2.24) is 9.88 Å². The summed E-state index contributed by atoms with van der Waals surface area (Å²) < 4.78 is 5.01. The molecule has 6 nitrogen and oxygen atoms in total. The Balaban J connectivity index is 1.35. The lowest BCUT2D eigenvalue weighted by Crippen LogP contribution is -2.40. The molecule has 0 spiro atoms. The van der Waals surface area contributed by atoms with Gasteiger partial charge in [-0.25, -0.2) is 9.78 Å². The largest absolute Gasteiger partial charge is 0.462 e. The number of hydrogen-bond acceptors (Lipinski definition) is 5. The van der Waals surface area contributed by atoms with Crippen LogP contribution in [0.25, 0.3) is 0 Å². The molecule has 4 rings (SSSR count). The van der Waals surface area contributed by atoms with Gasteiger partial charge in [0.1, 0.15) is 5.82 Å². The van der Waals surface area contributed by atoms with Crippen LogP contribution in [-0.2, 0) is 9.53 Å². The summed E-state index contributed by atoms with van der Waals surface area (Å²) in [4.78, 5) is 33.5. The van der Waals surface area contributed by atoms with Crippen LogP contribution in [0.1, 0.15) is 49.4 Å². The average Bonchev–Trinajstić information content (AvgIpc) is 3.24. The summed E-state index contributed by atoms with van der Waals surface area (Å²) in [7, 11) is 0. The van der Waals surface area contributed by atoms with Gasteiger partial charge in [0.2, 0.25) is 5.91 Å². The number of aromatic nitrogens is 1. The molecule has 0 N–H and O–H groups in total. The van der Waals surface area contributed by atoms with Crippen molar-refractivity contribution in [2.45, 2.75) is 39.0 Å². The second-order valence-electron chi connectivity index (χ2n) is 8.07. The average molecular weight is 371 g/mol. The fourth-order valence-corrected chi connectivity index (χ4v) is 5.06. The van der Waals surface area contributed by atoms with Crippen molar-refractivity contribution < 1.29 is 14.3 Å². The molecule has 27 heavy (non-hydrogen) atoms. The van der Waals surface area contributed by atoms with E-state index in [1.165, 1.54) is 19.3 Å². The van der Waals surface area contributed by atoms with Crippen molar-refractivity contribution >= 4 is 17.7 Å². The Hall–Kier alpha value is -2.11. The van der Waals surface area contributed by atoms with Crippen molar-refractivity contribution in [2.24, 2.45) is 17.8 Å². The second-order valence-corrected chi connectivity index (χ2v) is 8.07. The highest BCUT2D eigenvalue weighted by Crippen LogP contribution is 2.48. The molecule has 3 atom stereocenters. The third kappa shape index (κ3) is 3.80. The standard InChI is InChI=1S/C21H29N3O3/c1-2-27-21(26)17-6-7-19(22-14-17)23-8-3-9-24(11-10-23)20(25)18-13-15-4-5-16(18)12-15/h6-7,14-16,18H,2-5,8-13H2,1H3/t15-,16-,18-/m0/s1. The monoisotopic (exact) mass is 371 g/mol. The van der Waals surface area contributed by atoms with Crippen LogP contribution in [0.3, 0.4) is 0 Å². The van der Waals surface area contributed by atoms with Crippen molar-refractivity contribution in [2.75, 3.05) is 37.7 Å². The molecule has 0 unspecified atom stereocenters. The first-order valence-electron chi connectivity index (χ1n) is 10.3. The van der Waals surface area contributed by atoms with Gasteiger partial charge in [-0.2, -0.15) is 0 Å². The zero-order valence-electron chi connectivity index (χ0n) is 16.1. The minimum absolute atomic E-state index is 0.275. The molecular weight excluding hydrogens is 342 g/mol. The van der Waals surface area contributed by atoms with E-state index in [4.69, 9.17) is 4.74 Å². The summed E-state index contributed by atoms with van der Waals surface area (Å²) in [6, 6.07) is 3.64. The Kier molecular flexibility index (Phi) is 5.32. The third-order valence-corrected chi connectivity index (χ3v) is 6.45. The number of nitrogens with zero attached hydrogens (tertiary/aromatic N) is 3. The van der Waals surface area contributed by atoms with Crippen LogP contribution in [-0.4, -0.2) is 54.5 Å². The number of carbonyl (C=O) groups is 2. The van der Waals surface area contributed by atoms with E-state index in [2.05, 4.69) is 14.8 Å².